The van der Waals surface area contributed by atoms with Gasteiger partial charge in [-0.2, -0.15) is 5.10 Å². The number of carbonyl (C=O) groups excluding carboxylic acids is 3. The van der Waals surface area contributed by atoms with Gasteiger partial charge in [0.1, 0.15) is 11.2 Å². The normalized spacial score (nSPS) is 28.9. The van der Waals surface area contributed by atoms with Crippen molar-refractivity contribution in [1.82, 2.24) is 20.4 Å². The monoisotopic (exact) mass is 501 g/mol. The molecule has 4 saturated carbocycles. The lowest BCUT2D eigenvalue weighted by Gasteiger charge is -2.58. The van der Waals surface area contributed by atoms with Crippen molar-refractivity contribution in [1.29, 1.82) is 0 Å². The van der Waals surface area contributed by atoms with Crippen LogP contribution in [0.4, 0.5) is 4.79 Å². The Kier molecular flexibility index (Phi) is 7.07. The Hall–Kier alpha value is -3.04. The van der Waals surface area contributed by atoms with E-state index in [1.54, 1.807) is 12.3 Å². The lowest BCUT2D eigenvalue weighted by Crippen LogP contribution is -2.63. The van der Waals surface area contributed by atoms with Gasteiger partial charge in [0, 0.05) is 19.2 Å². The second kappa shape index (κ2) is 9.78. The van der Waals surface area contributed by atoms with Gasteiger partial charge in [0.2, 0.25) is 11.8 Å². The molecule has 0 spiro atoms. The number of carbonyl (C=O) groups is 3. The van der Waals surface area contributed by atoms with Crippen molar-refractivity contribution in [3.8, 4) is 5.88 Å². The molecule has 4 bridgehead atoms. The molecule has 0 saturated heterocycles. The molecule has 0 aliphatic heterocycles. The maximum absolute atomic E-state index is 13.5. The van der Waals surface area contributed by atoms with Gasteiger partial charge in [-0.15, -0.1) is 0 Å². The van der Waals surface area contributed by atoms with Gasteiger partial charge < -0.3 is 25.8 Å². The third-order valence-electron chi connectivity index (χ3n) is 7.51. The van der Waals surface area contributed by atoms with Crippen molar-refractivity contribution in [2.45, 2.75) is 83.9 Å². The first kappa shape index (κ1) is 26.0. The lowest BCUT2D eigenvalue weighted by molar-refractivity contribution is -0.137. The average molecular weight is 502 g/mol. The number of ether oxygens (including phenoxy) is 2. The molecular weight excluding hydrogens is 462 g/mol. The van der Waals surface area contributed by atoms with E-state index in [1.807, 2.05) is 27.7 Å². The van der Waals surface area contributed by atoms with Crippen LogP contribution in [0.2, 0.25) is 0 Å². The topological polar surface area (TPSA) is 138 Å². The van der Waals surface area contributed by atoms with Crippen molar-refractivity contribution in [3.05, 3.63) is 17.8 Å². The Morgan fingerprint density at radius 2 is 1.92 bits per heavy atom. The van der Waals surface area contributed by atoms with Gasteiger partial charge in [-0.05, 0) is 75.7 Å². The van der Waals surface area contributed by atoms with Crippen LogP contribution < -0.4 is 21.1 Å². The maximum Gasteiger partial charge on any atom is 0.405 e. The van der Waals surface area contributed by atoms with Gasteiger partial charge in [0.15, 0.2) is 0 Å². The Labute approximate surface area is 212 Å². The molecule has 4 aliphatic rings. The smallest absolute Gasteiger partial charge is 0.405 e. The van der Waals surface area contributed by atoms with Crippen LogP contribution in [0.25, 0.3) is 6.20 Å². The first-order chi connectivity index (χ1) is 16.9. The Bertz CT molecular complexity index is 1030. The molecule has 10 heteroatoms. The summed E-state index contributed by atoms with van der Waals surface area (Å²) >= 11 is 0. The minimum Gasteiger partial charge on any atom is -0.477 e. The van der Waals surface area contributed by atoms with E-state index >= 15 is 0 Å². The summed E-state index contributed by atoms with van der Waals surface area (Å²) in [6.07, 6.45) is 8.67. The van der Waals surface area contributed by atoms with Gasteiger partial charge in [-0.1, -0.05) is 13.8 Å². The number of hydrogen-bond acceptors (Lipinski definition) is 6. The molecule has 10 nitrogen and oxygen atoms in total. The molecule has 36 heavy (non-hydrogen) atoms. The third-order valence-corrected chi connectivity index (χ3v) is 7.51. The molecule has 1 aromatic rings. The fourth-order valence-electron chi connectivity index (χ4n) is 6.51. The van der Waals surface area contributed by atoms with E-state index < -0.39 is 17.2 Å². The summed E-state index contributed by atoms with van der Waals surface area (Å²) in [5, 5.41) is 10.5. The Morgan fingerprint density at radius 3 is 2.50 bits per heavy atom. The molecule has 4 N–H and O–H groups in total. The summed E-state index contributed by atoms with van der Waals surface area (Å²) in [7, 11) is 0. The molecule has 0 radical (unpaired) electrons. The number of nitrogens with zero attached hydrogens (tertiary/aromatic N) is 2. The number of nitrogens with two attached hydrogens (primary N) is 1. The summed E-state index contributed by atoms with van der Waals surface area (Å²) in [6, 6.07) is 0.00851. The standard InChI is InChI=1S/C26H39N5O5/c1-15(2)14-35-23-20(13-28-31(23)7-6-25(4,5)30-16(3)32)22(33)29-21-18-8-17-9-19(21)12-26(10-17,11-18)36-24(27)34/h6-7,13,15,17-19,21H,8-12,14H2,1-5H3,(H2,27,34)(H,29,33)(H,30,32)/b7-6+. The van der Waals surface area contributed by atoms with Crippen molar-refractivity contribution < 1.29 is 23.9 Å². The minimum atomic E-state index is -0.716. The van der Waals surface area contributed by atoms with Crippen LogP contribution in [0.1, 0.15) is 77.1 Å². The highest BCUT2D eigenvalue weighted by Gasteiger charge is 2.57. The third kappa shape index (κ3) is 5.68. The van der Waals surface area contributed by atoms with E-state index in [0.29, 0.717) is 24.0 Å². The molecule has 1 heterocycles. The molecule has 2 atom stereocenters. The predicted molar refractivity (Wildman–Crippen MR) is 134 cm³/mol. The largest absolute Gasteiger partial charge is 0.477 e. The second-order valence-corrected chi connectivity index (χ2v) is 11.8. The maximum atomic E-state index is 13.5. The number of nitrogens with one attached hydrogen (secondary N) is 2. The van der Waals surface area contributed by atoms with Crippen molar-refractivity contribution >= 4 is 24.1 Å². The summed E-state index contributed by atoms with van der Waals surface area (Å²) < 4.78 is 13.2. The first-order valence-electron chi connectivity index (χ1n) is 12.8. The molecule has 4 aliphatic carbocycles. The van der Waals surface area contributed by atoms with Crippen LogP contribution in [0.15, 0.2) is 12.3 Å². The highest BCUT2D eigenvalue weighted by molar-refractivity contribution is 5.96. The van der Waals surface area contributed by atoms with E-state index in [9.17, 15) is 14.4 Å². The molecule has 0 aromatic carbocycles. The van der Waals surface area contributed by atoms with Crippen molar-refractivity contribution in [2.75, 3.05) is 6.61 Å². The molecule has 198 valence electrons. The van der Waals surface area contributed by atoms with E-state index in [1.165, 1.54) is 17.8 Å². The van der Waals surface area contributed by atoms with E-state index in [-0.39, 0.29) is 35.6 Å². The van der Waals surface area contributed by atoms with Gasteiger partial charge in [-0.25, -0.2) is 9.48 Å². The second-order valence-electron chi connectivity index (χ2n) is 11.8. The van der Waals surface area contributed by atoms with Crippen LogP contribution in [-0.4, -0.2) is 51.5 Å². The SMILES string of the molecule is CC(=O)NC(C)(C)/C=C/n1ncc(C(=O)NC2C3CC4CC2CC(OC(N)=O)(C4)C3)c1OCC(C)C. The van der Waals surface area contributed by atoms with Gasteiger partial charge in [-0.3, -0.25) is 9.59 Å². The van der Waals surface area contributed by atoms with Gasteiger partial charge in [0.05, 0.1) is 18.3 Å². The fourth-order valence-corrected chi connectivity index (χ4v) is 6.51. The number of amides is 3. The molecule has 2 unspecified atom stereocenters. The summed E-state index contributed by atoms with van der Waals surface area (Å²) in [4.78, 5) is 36.5. The number of hydrogen-bond donors (Lipinski definition) is 3. The summed E-state index contributed by atoms with van der Waals surface area (Å²) in [5.74, 6) is 1.25. The molecule has 3 amide bonds. The average Bonchev–Trinajstić information content (AvgIpc) is 3.14. The highest BCUT2D eigenvalue weighted by atomic mass is 16.6. The number of aromatic nitrogens is 2. The zero-order chi connectivity index (χ0) is 26.3. The predicted octanol–water partition coefficient (Wildman–Crippen LogP) is 3.08. The van der Waals surface area contributed by atoms with Crippen LogP contribution in [0.5, 0.6) is 5.88 Å². The number of rotatable bonds is 9. The molecule has 5 rings (SSSR count). The zero-order valence-electron chi connectivity index (χ0n) is 21.9. The number of primary amides is 1. The molecule has 1 aromatic heterocycles. The van der Waals surface area contributed by atoms with E-state index in [4.69, 9.17) is 15.2 Å². The summed E-state index contributed by atoms with van der Waals surface area (Å²) in [6.45, 7) is 9.71. The van der Waals surface area contributed by atoms with Gasteiger partial charge in [0.25, 0.3) is 5.91 Å². The van der Waals surface area contributed by atoms with Crippen LogP contribution in [0, 0.1) is 23.7 Å². The Balaban J connectivity index is 1.52. The first-order valence-corrected chi connectivity index (χ1v) is 12.8. The fraction of sp³-hybridized carbons (Fsp3) is 0.692. The summed E-state index contributed by atoms with van der Waals surface area (Å²) in [5.41, 5.74) is 4.66. The quantitative estimate of drug-likeness (QED) is 0.475. The van der Waals surface area contributed by atoms with Crippen LogP contribution >= 0.6 is 0 Å². The van der Waals surface area contributed by atoms with E-state index in [2.05, 4.69) is 15.7 Å². The zero-order valence-corrected chi connectivity index (χ0v) is 21.9. The molecule has 4 fully saturated rings. The van der Waals surface area contributed by atoms with Gasteiger partial charge >= 0.3 is 6.09 Å². The van der Waals surface area contributed by atoms with E-state index in [0.717, 1.165) is 32.1 Å². The minimum absolute atomic E-state index is 0.00851. The highest BCUT2D eigenvalue weighted by Crippen LogP contribution is 2.57. The van der Waals surface area contributed by atoms with Crippen molar-refractivity contribution in [2.24, 2.45) is 29.4 Å². The molecular formula is C26H39N5O5. The van der Waals surface area contributed by atoms with Crippen LogP contribution in [0.3, 0.4) is 0 Å². The van der Waals surface area contributed by atoms with Crippen LogP contribution in [-0.2, 0) is 9.53 Å². The Morgan fingerprint density at radius 1 is 1.25 bits per heavy atom. The van der Waals surface area contributed by atoms with Crippen molar-refractivity contribution in [3.63, 3.8) is 0 Å². The lowest BCUT2D eigenvalue weighted by atomic mass is 9.52.